The van der Waals surface area contributed by atoms with Crippen molar-refractivity contribution in [1.82, 2.24) is 4.90 Å². The van der Waals surface area contributed by atoms with Crippen LogP contribution in [-0.2, 0) is 6.54 Å². The summed E-state index contributed by atoms with van der Waals surface area (Å²) >= 11 is 1.99. The molecule has 1 aromatic carbocycles. The molecule has 1 fully saturated rings. The highest BCUT2D eigenvalue weighted by Gasteiger charge is 2.48. The van der Waals surface area contributed by atoms with E-state index < -0.39 is 0 Å². The van der Waals surface area contributed by atoms with E-state index in [0.717, 1.165) is 17.9 Å². The standard InChI is InChI=1S/C16H25FN2S/c1-15(2)8-9-20-12-16(15,11-18)19(3)10-13-4-6-14(17)7-5-13/h4-7H,8-12,18H2,1-3H3. The van der Waals surface area contributed by atoms with Gasteiger partial charge in [-0.1, -0.05) is 26.0 Å². The lowest BCUT2D eigenvalue weighted by Gasteiger charge is -2.54. The molecule has 1 heterocycles. The second kappa shape index (κ2) is 6.04. The lowest BCUT2D eigenvalue weighted by Crippen LogP contribution is -2.64. The van der Waals surface area contributed by atoms with Gasteiger partial charge >= 0.3 is 0 Å². The third kappa shape index (κ3) is 2.87. The fourth-order valence-corrected chi connectivity index (χ4v) is 4.99. The summed E-state index contributed by atoms with van der Waals surface area (Å²) < 4.78 is 13.0. The topological polar surface area (TPSA) is 29.3 Å². The van der Waals surface area contributed by atoms with Crippen LogP contribution >= 0.6 is 11.8 Å². The van der Waals surface area contributed by atoms with Crippen LogP contribution in [0.15, 0.2) is 24.3 Å². The van der Waals surface area contributed by atoms with Crippen molar-refractivity contribution in [2.75, 3.05) is 25.1 Å². The van der Waals surface area contributed by atoms with Crippen molar-refractivity contribution in [2.45, 2.75) is 32.4 Å². The molecule has 112 valence electrons. The summed E-state index contributed by atoms with van der Waals surface area (Å²) in [5, 5.41) is 0. The van der Waals surface area contributed by atoms with Gasteiger partial charge in [-0.3, -0.25) is 4.90 Å². The zero-order valence-electron chi connectivity index (χ0n) is 12.7. The average molecular weight is 296 g/mol. The summed E-state index contributed by atoms with van der Waals surface area (Å²) in [6.45, 7) is 6.10. The first kappa shape index (κ1) is 15.8. The molecule has 2 N–H and O–H groups in total. The molecular weight excluding hydrogens is 271 g/mol. The molecule has 4 heteroatoms. The van der Waals surface area contributed by atoms with Gasteiger partial charge in [-0.25, -0.2) is 4.39 Å². The minimum atomic E-state index is -0.182. The monoisotopic (exact) mass is 296 g/mol. The average Bonchev–Trinajstić information content (AvgIpc) is 2.41. The van der Waals surface area contributed by atoms with E-state index in [0.29, 0.717) is 6.54 Å². The van der Waals surface area contributed by atoms with Gasteiger partial charge < -0.3 is 5.73 Å². The number of nitrogens with zero attached hydrogens (tertiary/aromatic N) is 1. The summed E-state index contributed by atoms with van der Waals surface area (Å²) in [6.07, 6.45) is 1.18. The van der Waals surface area contributed by atoms with E-state index in [2.05, 4.69) is 25.8 Å². The molecule has 0 spiro atoms. The Bertz CT molecular complexity index is 446. The molecule has 2 nitrogen and oxygen atoms in total. The zero-order valence-corrected chi connectivity index (χ0v) is 13.5. The highest BCUT2D eigenvalue weighted by Crippen LogP contribution is 2.45. The third-order valence-electron chi connectivity index (χ3n) is 4.87. The van der Waals surface area contributed by atoms with E-state index in [1.807, 2.05) is 23.9 Å². The third-order valence-corrected chi connectivity index (χ3v) is 6.05. The van der Waals surface area contributed by atoms with Crippen molar-refractivity contribution >= 4 is 11.8 Å². The fourth-order valence-electron chi connectivity index (χ4n) is 3.13. The van der Waals surface area contributed by atoms with Crippen LogP contribution in [0.1, 0.15) is 25.8 Å². The van der Waals surface area contributed by atoms with Crippen LogP contribution in [0.3, 0.4) is 0 Å². The van der Waals surface area contributed by atoms with Crippen molar-refractivity contribution in [3.05, 3.63) is 35.6 Å². The van der Waals surface area contributed by atoms with Crippen LogP contribution in [0, 0.1) is 11.2 Å². The summed E-state index contributed by atoms with van der Waals surface area (Å²) in [6, 6.07) is 6.77. The molecule has 0 radical (unpaired) electrons. The Labute approximate surface area is 125 Å². The van der Waals surface area contributed by atoms with Crippen molar-refractivity contribution in [1.29, 1.82) is 0 Å². The van der Waals surface area contributed by atoms with Gasteiger partial charge in [0.2, 0.25) is 0 Å². The summed E-state index contributed by atoms with van der Waals surface area (Å²) in [5.74, 6) is 2.09. The Hall–Kier alpha value is -0.580. The lowest BCUT2D eigenvalue weighted by molar-refractivity contribution is 0.0148. The van der Waals surface area contributed by atoms with E-state index in [4.69, 9.17) is 5.73 Å². The van der Waals surface area contributed by atoms with Crippen LogP contribution in [0.25, 0.3) is 0 Å². The first-order chi connectivity index (χ1) is 9.41. The molecule has 1 atom stereocenters. The molecule has 1 aliphatic heterocycles. The smallest absolute Gasteiger partial charge is 0.123 e. The molecule has 20 heavy (non-hydrogen) atoms. The highest BCUT2D eigenvalue weighted by molar-refractivity contribution is 7.99. The Morgan fingerprint density at radius 2 is 1.95 bits per heavy atom. The van der Waals surface area contributed by atoms with Crippen molar-refractivity contribution in [3.63, 3.8) is 0 Å². The molecule has 1 saturated heterocycles. The number of rotatable bonds is 4. The fraction of sp³-hybridized carbons (Fsp3) is 0.625. The van der Waals surface area contributed by atoms with Crippen LogP contribution in [0.5, 0.6) is 0 Å². The van der Waals surface area contributed by atoms with Gasteiger partial charge in [0.25, 0.3) is 0 Å². The lowest BCUT2D eigenvalue weighted by atomic mass is 9.69. The van der Waals surface area contributed by atoms with Crippen LogP contribution in [0.4, 0.5) is 4.39 Å². The van der Waals surface area contributed by atoms with Gasteiger partial charge in [-0.05, 0) is 42.3 Å². The number of halogens is 1. The Morgan fingerprint density at radius 1 is 1.30 bits per heavy atom. The van der Waals surface area contributed by atoms with Crippen molar-refractivity contribution in [3.8, 4) is 0 Å². The number of likely N-dealkylation sites (N-methyl/N-ethyl adjacent to an activating group) is 1. The molecule has 1 aliphatic rings. The van der Waals surface area contributed by atoms with Gasteiger partial charge in [0.05, 0.1) is 0 Å². The predicted molar refractivity (Wildman–Crippen MR) is 85.4 cm³/mol. The minimum Gasteiger partial charge on any atom is -0.329 e. The number of nitrogens with two attached hydrogens (primary N) is 1. The highest BCUT2D eigenvalue weighted by atomic mass is 32.2. The molecule has 1 aromatic rings. The first-order valence-electron chi connectivity index (χ1n) is 7.15. The van der Waals surface area contributed by atoms with Crippen LogP contribution < -0.4 is 5.73 Å². The molecule has 0 bridgehead atoms. The Balaban J connectivity index is 2.20. The second-order valence-electron chi connectivity index (χ2n) is 6.40. The van der Waals surface area contributed by atoms with E-state index >= 15 is 0 Å². The maximum atomic E-state index is 13.0. The normalized spacial score (nSPS) is 25.9. The van der Waals surface area contributed by atoms with Crippen LogP contribution in [-0.4, -0.2) is 35.5 Å². The maximum Gasteiger partial charge on any atom is 0.123 e. The maximum absolute atomic E-state index is 13.0. The number of hydrogen-bond donors (Lipinski definition) is 1. The van der Waals surface area contributed by atoms with Gasteiger partial charge in [-0.2, -0.15) is 11.8 Å². The van der Waals surface area contributed by atoms with Gasteiger partial charge in [0.1, 0.15) is 5.82 Å². The van der Waals surface area contributed by atoms with Gasteiger partial charge in [0, 0.05) is 24.4 Å². The molecular formula is C16H25FN2S. The largest absolute Gasteiger partial charge is 0.329 e. The predicted octanol–water partition coefficient (Wildman–Crippen LogP) is 3.12. The SMILES string of the molecule is CN(Cc1ccc(F)cc1)C1(CN)CSCCC1(C)C. The quantitative estimate of drug-likeness (QED) is 0.925. The summed E-state index contributed by atoms with van der Waals surface area (Å²) in [4.78, 5) is 2.37. The van der Waals surface area contributed by atoms with E-state index in [1.165, 1.54) is 24.3 Å². The first-order valence-corrected chi connectivity index (χ1v) is 8.30. The second-order valence-corrected chi connectivity index (χ2v) is 7.51. The molecule has 0 amide bonds. The van der Waals surface area contributed by atoms with E-state index in [-0.39, 0.29) is 16.8 Å². The van der Waals surface area contributed by atoms with E-state index in [9.17, 15) is 4.39 Å². The van der Waals surface area contributed by atoms with Crippen molar-refractivity contribution < 1.29 is 4.39 Å². The van der Waals surface area contributed by atoms with Crippen molar-refractivity contribution in [2.24, 2.45) is 11.1 Å². The number of hydrogen-bond acceptors (Lipinski definition) is 3. The Morgan fingerprint density at radius 3 is 2.50 bits per heavy atom. The zero-order chi connectivity index (χ0) is 14.8. The van der Waals surface area contributed by atoms with Gasteiger partial charge in [0.15, 0.2) is 0 Å². The molecule has 0 aromatic heterocycles. The summed E-state index contributed by atoms with van der Waals surface area (Å²) in [5.41, 5.74) is 7.51. The molecule has 0 saturated carbocycles. The Kier molecular flexibility index (Phi) is 4.77. The molecule has 0 aliphatic carbocycles. The minimum absolute atomic E-state index is 0.00427. The van der Waals surface area contributed by atoms with E-state index in [1.54, 1.807) is 0 Å². The molecule has 1 unspecified atom stereocenters. The van der Waals surface area contributed by atoms with Gasteiger partial charge in [-0.15, -0.1) is 0 Å². The number of benzene rings is 1. The molecule has 2 rings (SSSR count). The van der Waals surface area contributed by atoms with Crippen LogP contribution in [0.2, 0.25) is 0 Å². The summed E-state index contributed by atoms with van der Waals surface area (Å²) in [7, 11) is 2.14. The number of thioether (sulfide) groups is 1.